The molecule has 3 unspecified atom stereocenters. The molecule has 1 fully saturated rings. The summed E-state index contributed by atoms with van der Waals surface area (Å²) in [5.74, 6) is 2.11. The molecule has 0 aromatic heterocycles. The third kappa shape index (κ3) is 4.03. The van der Waals surface area contributed by atoms with Crippen molar-refractivity contribution >= 4 is 34.8 Å². The van der Waals surface area contributed by atoms with Crippen molar-refractivity contribution in [3.8, 4) is 0 Å². The lowest BCUT2D eigenvalue weighted by Crippen LogP contribution is -2.29. The van der Waals surface area contributed by atoms with Gasteiger partial charge in [0.25, 0.3) is 0 Å². The molecule has 1 aliphatic rings. The lowest BCUT2D eigenvalue weighted by atomic mass is 9.74. The van der Waals surface area contributed by atoms with E-state index in [9.17, 15) is 0 Å². The number of hydrogen-bond acceptors (Lipinski definition) is 0. The van der Waals surface area contributed by atoms with Gasteiger partial charge in [-0.1, -0.05) is 43.1 Å². The second-order valence-corrected chi connectivity index (χ2v) is 7.42. The summed E-state index contributed by atoms with van der Waals surface area (Å²) >= 11 is 18.6. The highest BCUT2D eigenvalue weighted by Gasteiger charge is 2.30. The number of halogens is 3. The van der Waals surface area contributed by atoms with Gasteiger partial charge in [-0.25, -0.2) is 0 Å². The molecule has 1 aromatic carbocycles. The van der Waals surface area contributed by atoms with Crippen LogP contribution in [0.5, 0.6) is 0 Å². The first-order valence-corrected chi connectivity index (χ1v) is 8.24. The summed E-state index contributed by atoms with van der Waals surface area (Å²) < 4.78 is 0. The van der Waals surface area contributed by atoms with Crippen molar-refractivity contribution in [2.24, 2.45) is 17.8 Å². The van der Waals surface area contributed by atoms with Crippen molar-refractivity contribution < 1.29 is 0 Å². The highest BCUT2D eigenvalue weighted by atomic mass is 35.5. The van der Waals surface area contributed by atoms with Crippen LogP contribution in [0.3, 0.4) is 0 Å². The number of hydrogen-bond donors (Lipinski definition) is 0. The molecule has 0 amide bonds. The molecule has 0 N–H and O–H groups in total. The quantitative estimate of drug-likeness (QED) is 0.580. The SMILES string of the molecule is CC(C)C1CCC(Cl)C(Cc2ccc(Cl)c(Cl)c2)C1. The van der Waals surface area contributed by atoms with Gasteiger partial charge in [-0.05, 0) is 61.1 Å². The van der Waals surface area contributed by atoms with E-state index in [-0.39, 0.29) is 0 Å². The van der Waals surface area contributed by atoms with Gasteiger partial charge in [-0.2, -0.15) is 0 Å². The predicted octanol–water partition coefficient (Wildman–Crippen LogP) is 6.22. The van der Waals surface area contributed by atoms with Crippen molar-refractivity contribution in [1.29, 1.82) is 0 Å². The molecule has 0 radical (unpaired) electrons. The van der Waals surface area contributed by atoms with Crippen molar-refractivity contribution in [1.82, 2.24) is 0 Å². The van der Waals surface area contributed by atoms with E-state index in [0.717, 1.165) is 24.7 Å². The minimum Gasteiger partial charge on any atom is -0.123 e. The standard InChI is InChI=1S/C16H21Cl3/c1-10(2)12-4-6-14(17)13(9-12)7-11-3-5-15(18)16(19)8-11/h3,5,8,10,12-14H,4,6-7,9H2,1-2H3. The average molecular weight is 320 g/mol. The molecular formula is C16H21Cl3. The Morgan fingerprint density at radius 3 is 2.53 bits per heavy atom. The predicted molar refractivity (Wildman–Crippen MR) is 85.5 cm³/mol. The van der Waals surface area contributed by atoms with Crippen LogP contribution in [-0.2, 0) is 6.42 Å². The van der Waals surface area contributed by atoms with E-state index in [0.29, 0.717) is 21.3 Å². The fourth-order valence-corrected chi connectivity index (χ4v) is 3.69. The third-order valence-electron chi connectivity index (χ3n) is 4.35. The smallest absolute Gasteiger partial charge is 0.0595 e. The zero-order valence-electron chi connectivity index (χ0n) is 11.5. The molecular weight excluding hydrogens is 299 g/mol. The maximum atomic E-state index is 6.51. The van der Waals surface area contributed by atoms with E-state index in [1.165, 1.54) is 18.4 Å². The Hall–Kier alpha value is 0.0900. The largest absolute Gasteiger partial charge is 0.123 e. The Morgan fingerprint density at radius 2 is 1.89 bits per heavy atom. The summed E-state index contributed by atoms with van der Waals surface area (Å²) in [7, 11) is 0. The zero-order chi connectivity index (χ0) is 14.0. The molecule has 0 bridgehead atoms. The van der Waals surface area contributed by atoms with Crippen molar-refractivity contribution in [3.05, 3.63) is 33.8 Å². The van der Waals surface area contributed by atoms with Gasteiger partial charge < -0.3 is 0 Å². The van der Waals surface area contributed by atoms with Gasteiger partial charge in [-0.15, -0.1) is 11.6 Å². The van der Waals surface area contributed by atoms with Crippen LogP contribution in [0, 0.1) is 17.8 Å². The molecule has 0 nitrogen and oxygen atoms in total. The highest BCUT2D eigenvalue weighted by Crippen LogP contribution is 2.38. The molecule has 1 aliphatic carbocycles. The third-order valence-corrected chi connectivity index (χ3v) is 5.67. The highest BCUT2D eigenvalue weighted by molar-refractivity contribution is 6.42. The number of benzene rings is 1. The van der Waals surface area contributed by atoms with Gasteiger partial charge in [0.15, 0.2) is 0 Å². The fourth-order valence-electron chi connectivity index (χ4n) is 3.05. The summed E-state index contributed by atoms with van der Waals surface area (Å²) in [4.78, 5) is 0. The molecule has 0 saturated heterocycles. The van der Waals surface area contributed by atoms with Gasteiger partial charge in [0.05, 0.1) is 10.0 Å². The molecule has 1 aromatic rings. The maximum Gasteiger partial charge on any atom is 0.0595 e. The summed E-state index contributed by atoms with van der Waals surface area (Å²) in [5, 5.41) is 1.56. The topological polar surface area (TPSA) is 0 Å². The maximum absolute atomic E-state index is 6.51. The van der Waals surface area contributed by atoms with E-state index in [2.05, 4.69) is 19.9 Å². The lowest BCUT2D eigenvalue weighted by molar-refractivity contribution is 0.218. The molecule has 0 spiro atoms. The first-order valence-electron chi connectivity index (χ1n) is 7.05. The van der Waals surface area contributed by atoms with Crippen LogP contribution in [0.2, 0.25) is 10.0 Å². The minimum atomic E-state index is 0.296. The van der Waals surface area contributed by atoms with Crippen molar-refractivity contribution in [3.63, 3.8) is 0 Å². The van der Waals surface area contributed by atoms with Crippen LogP contribution in [-0.4, -0.2) is 5.38 Å². The Bertz CT molecular complexity index is 428. The second-order valence-electron chi connectivity index (χ2n) is 6.05. The van der Waals surface area contributed by atoms with Crippen LogP contribution in [0.15, 0.2) is 18.2 Å². The van der Waals surface area contributed by atoms with Gasteiger partial charge in [0.2, 0.25) is 0 Å². The zero-order valence-corrected chi connectivity index (χ0v) is 13.8. The second kappa shape index (κ2) is 6.70. The molecule has 2 rings (SSSR count). The normalized spacial score (nSPS) is 27.8. The van der Waals surface area contributed by atoms with Gasteiger partial charge in [0.1, 0.15) is 0 Å². The fraction of sp³-hybridized carbons (Fsp3) is 0.625. The van der Waals surface area contributed by atoms with Crippen LogP contribution < -0.4 is 0 Å². The van der Waals surface area contributed by atoms with Crippen LogP contribution in [0.1, 0.15) is 38.7 Å². The van der Waals surface area contributed by atoms with E-state index >= 15 is 0 Å². The van der Waals surface area contributed by atoms with E-state index < -0.39 is 0 Å². The molecule has 1 saturated carbocycles. The van der Waals surface area contributed by atoms with Crippen LogP contribution in [0.25, 0.3) is 0 Å². The monoisotopic (exact) mass is 318 g/mol. The van der Waals surface area contributed by atoms with Gasteiger partial charge >= 0.3 is 0 Å². The molecule has 3 heteroatoms. The van der Waals surface area contributed by atoms with Crippen LogP contribution in [0.4, 0.5) is 0 Å². The van der Waals surface area contributed by atoms with Gasteiger partial charge in [0, 0.05) is 5.38 Å². The minimum absolute atomic E-state index is 0.296. The average Bonchev–Trinajstić information content (AvgIpc) is 2.36. The number of rotatable bonds is 3. The molecule has 19 heavy (non-hydrogen) atoms. The summed E-state index contributed by atoms with van der Waals surface area (Å²) in [6.45, 7) is 4.63. The first kappa shape index (κ1) is 15.5. The lowest BCUT2D eigenvalue weighted by Gasteiger charge is -2.35. The van der Waals surface area contributed by atoms with E-state index in [4.69, 9.17) is 34.8 Å². The Morgan fingerprint density at radius 1 is 1.16 bits per heavy atom. The van der Waals surface area contributed by atoms with Crippen molar-refractivity contribution in [2.45, 2.75) is 44.9 Å². The van der Waals surface area contributed by atoms with Crippen LogP contribution >= 0.6 is 34.8 Å². The molecule has 0 heterocycles. The summed E-state index contributed by atoms with van der Waals surface area (Å²) in [6, 6.07) is 5.93. The summed E-state index contributed by atoms with van der Waals surface area (Å²) in [5.41, 5.74) is 1.24. The first-order chi connectivity index (χ1) is 8.97. The van der Waals surface area contributed by atoms with E-state index in [1.54, 1.807) is 0 Å². The Balaban J connectivity index is 2.05. The number of alkyl halides is 1. The summed E-state index contributed by atoms with van der Waals surface area (Å²) in [6.07, 6.45) is 4.64. The Labute approximate surface area is 131 Å². The van der Waals surface area contributed by atoms with E-state index in [1.807, 2.05) is 12.1 Å². The van der Waals surface area contributed by atoms with Gasteiger partial charge in [-0.3, -0.25) is 0 Å². The van der Waals surface area contributed by atoms with Crippen molar-refractivity contribution in [2.75, 3.05) is 0 Å². The molecule has 3 atom stereocenters. The Kier molecular flexibility index (Phi) is 5.45. The molecule has 0 aliphatic heterocycles. The molecule has 106 valence electrons.